The minimum atomic E-state index is 0.734. The minimum absolute atomic E-state index is 0.734. The molecule has 2 nitrogen and oxygen atoms in total. The molecule has 0 aliphatic carbocycles. The molecule has 0 spiro atoms. The van der Waals surface area contributed by atoms with Gasteiger partial charge in [-0.25, -0.2) is 0 Å². The van der Waals surface area contributed by atoms with Gasteiger partial charge in [0.25, 0.3) is 0 Å². The van der Waals surface area contributed by atoms with Gasteiger partial charge in [0.1, 0.15) is 0 Å². The summed E-state index contributed by atoms with van der Waals surface area (Å²) in [5.74, 6) is 0.928. The Morgan fingerprint density at radius 3 is 2.62 bits per heavy atom. The molecule has 2 fully saturated rings. The first kappa shape index (κ1) is 9.47. The summed E-state index contributed by atoms with van der Waals surface area (Å²) in [6, 6.07) is 1.60. The molecule has 2 heterocycles. The van der Waals surface area contributed by atoms with E-state index in [0.29, 0.717) is 0 Å². The number of fused-ring (bicyclic) bond motifs is 1. The topological polar surface area (TPSA) is 6.48 Å². The van der Waals surface area contributed by atoms with Crippen LogP contribution in [0.2, 0.25) is 0 Å². The molecule has 0 aromatic heterocycles. The summed E-state index contributed by atoms with van der Waals surface area (Å²) < 4.78 is 0. The lowest BCUT2D eigenvalue weighted by atomic mass is 10.1. The summed E-state index contributed by atoms with van der Waals surface area (Å²) in [6.45, 7) is 12.2. The Hall–Kier alpha value is -0.0800. The van der Waals surface area contributed by atoms with E-state index in [1.807, 2.05) is 0 Å². The van der Waals surface area contributed by atoms with E-state index in [4.69, 9.17) is 0 Å². The van der Waals surface area contributed by atoms with Gasteiger partial charge in [-0.05, 0) is 26.2 Å². The Morgan fingerprint density at radius 2 is 1.92 bits per heavy atom. The zero-order valence-electron chi connectivity index (χ0n) is 9.16. The van der Waals surface area contributed by atoms with Crippen molar-refractivity contribution >= 4 is 0 Å². The predicted octanol–water partition coefficient (Wildman–Crippen LogP) is 1.42. The van der Waals surface area contributed by atoms with E-state index in [1.54, 1.807) is 0 Å². The smallest absolute Gasteiger partial charge is 0.0226 e. The van der Waals surface area contributed by atoms with Crippen LogP contribution in [-0.2, 0) is 0 Å². The van der Waals surface area contributed by atoms with Gasteiger partial charge >= 0.3 is 0 Å². The molecule has 0 amide bonds. The molecule has 0 aromatic rings. The first-order chi connectivity index (χ1) is 6.16. The third kappa shape index (κ3) is 1.89. The average Bonchev–Trinajstić information content (AvgIpc) is 2.42. The van der Waals surface area contributed by atoms with Crippen molar-refractivity contribution in [1.29, 1.82) is 0 Å². The Bertz CT molecular complexity index is 179. The highest BCUT2D eigenvalue weighted by atomic mass is 15.3. The highest BCUT2D eigenvalue weighted by Gasteiger charge is 2.34. The van der Waals surface area contributed by atoms with Crippen molar-refractivity contribution in [1.82, 2.24) is 9.80 Å². The van der Waals surface area contributed by atoms with E-state index in [9.17, 15) is 0 Å². The summed E-state index contributed by atoms with van der Waals surface area (Å²) in [7, 11) is 0. The Labute approximate surface area is 81.9 Å². The normalized spacial score (nSPS) is 36.9. The summed E-state index contributed by atoms with van der Waals surface area (Å²) >= 11 is 0. The summed E-state index contributed by atoms with van der Waals surface area (Å²) in [4.78, 5) is 5.31. The fraction of sp³-hybridized carbons (Fsp3) is 1.00. The van der Waals surface area contributed by atoms with Gasteiger partial charge in [-0.3, -0.25) is 9.80 Å². The molecule has 0 bridgehead atoms. The molecule has 2 rings (SSSR count). The molecule has 0 N–H and O–H groups in total. The minimum Gasteiger partial charge on any atom is -0.298 e. The van der Waals surface area contributed by atoms with E-state index in [-0.39, 0.29) is 0 Å². The molecule has 0 radical (unpaired) electrons. The molecule has 76 valence electrons. The van der Waals surface area contributed by atoms with E-state index in [2.05, 4.69) is 30.6 Å². The van der Waals surface area contributed by atoms with Gasteiger partial charge in [0.15, 0.2) is 0 Å². The van der Waals surface area contributed by atoms with Crippen molar-refractivity contribution in [2.75, 3.05) is 26.2 Å². The number of rotatable bonds is 1. The largest absolute Gasteiger partial charge is 0.298 e. The molecular formula is C11H22N2. The standard InChI is InChI=1S/C11H22N2/c1-9(2)12-4-5-13-7-10(3)6-11(13)8-12/h9-11H,4-8H2,1-3H3. The fourth-order valence-corrected chi connectivity index (χ4v) is 2.79. The first-order valence-electron chi connectivity index (χ1n) is 5.65. The van der Waals surface area contributed by atoms with Gasteiger partial charge in [-0.15, -0.1) is 0 Å². The third-order valence-electron chi connectivity index (χ3n) is 3.59. The molecule has 2 aliphatic rings. The second kappa shape index (κ2) is 3.58. The molecule has 13 heavy (non-hydrogen) atoms. The van der Waals surface area contributed by atoms with E-state index in [1.165, 1.54) is 32.6 Å². The van der Waals surface area contributed by atoms with Crippen LogP contribution in [0.4, 0.5) is 0 Å². The third-order valence-corrected chi connectivity index (χ3v) is 3.59. The lowest BCUT2D eigenvalue weighted by molar-refractivity contribution is 0.0825. The van der Waals surface area contributed by atoms with Gasteiger partial charge in [0.05, 0.1) is 0 Å². The molecule has 2 saturated heterocycles. The highest BCUT2D eigenvalue weighted by Crippen LogP contribution is 2.26. The first-order valence-corrected chi connectivity index (χ1v) is 5.65. The molecule has 2 aliphatic heterocycles. The van der Waals surface area contributed by atoms with Crippen LogP contribution >= 0.6 is 0 Å². The van der Waals surface area contributed by atoms with Crippen LogP contribution < -0.4 is 0 Å². The quantitative estimate of drug-likeness (QED) is 0.605. The monoisotopic (exact) mass is 182 g/mol. The Kier molecular flexibility index (Phi) is 2.61. The second-order valence-electron chi connectivity index (χ2n) is 5.08. The summed E-state index contributed by atoms with van der Waals surface area (Å²) in [5, 5.41) is 0. The van der Waals surface area contributed by atoms with Crippen LogP contribution in [0.15, 0.2) is 0 Å². The van der Waals surface area contributed by atoms with Gasteiger partial charge in [0, 0.05) is 38.3 Å². The predicted molar refractivity (Wildman–Crippen MR) is 55.9 cm³/mol. The van der Waals surface area contributed by atoms with E-state index >= 15 is 0 Å². The van der Waals surface area contributed by atoms with Crippen LogP contribution in [0.1, 0.15) is 27.2 Å². The van der Waals surface area contributed by atoms with Crippen molar-refractivity contribution in [3.63, 3.8) is 0 Å². The van der Waals surface area contributed by atoms with Crippen LogP contribution in [0, 0.1) is 5.92 Å². The Balaban J connectivity index is 1.93. The number of hydrogen-bond acceptors (Lipinski definition) is 2. The van der Waals surface area contributed by atoms with Crippen molar-refractivity contribution < 1.29 is 0 Å². The van der Waals surface area contributed by atoms with Crippen LogP contribution in [0.3, 0.4) is 0 Å². The summed E-state index contributed by atoms with van der Waals surface area (Å²) in [6.07, 6.45) is 1.42. The van der Waals surface area contributed by atoms with E-state index in [0.717, 1.165) is 18.0 Å². The molecule has 0 aromatic carbocycles. The maximum Gasteiger partial charge on any atom is 0.0226 e. The van der Waals surface area contributed by atoms with Crippen molar-refractivity contribution in [3.8, 4) is 0 Å². The maximum absolute atomic E-state index is 2.68. The van der Waals surface area contributed by atoms with Gasteiger partial charge < -0.3 is 0 Å². The lowest BCUT2D eigenvalue weighted by Crippen LogP contribution is -2.52. The van der Waals surface area contributed by atoms with Crippen LogP contribution in [0.5, 0.6) is 0 Å². The van der Waals surface area contributed by atoms with Gasteiger partial charge in [-0.1, -0.05) is 6.92 Å². The molecule has 2 heteroatoms. The van der Waals surface area contributed by atoms with E-state index < -0.39 is 0 Å². The molecule has 0 saturated carbocycles. The zero-order valence-corrected chi connectivity index (χ0v) is 9.16. The highest BCUT2D eigenvalue weighted by molar-refractivity contribution is 4.90. The van der Waals surface area contributed by atoms with Crippen molar-refractivity contribution in [2.24, 2.45) is 5.92 Å². The molecule has 2 atom stereocenters. The Morgan fingerprint density at radius 1 is 1.15 bits per heavy atom. The molecular weight excluding hydrogens is 160 g/mol. The van der Waals surface area contributed by atoms with Crippen LogP contribution in [-0.4, -0.2) is 48.1 Å². The average molecular weight is 182 g/mol. The number of hydrogen-bond donors (Lipinski definition) is 0. The summed E-state index contributed by atoms with van der Waals surface area (Å²) in [5.41, 5.74) is 0. The van der Waals surface area contributed by atoms with Crippen molar-refractivity contribution in [3.05, 3.63) is 0 Å². The zero-order chi connectivity index (χ0) is 9.42. The maximum atomic E-state index is 2.68. The number of piperazine rings is 1. The van der Waals surface area contributed by atoms with Gasteiger partial charge in [-0.2, -0.15) is 0 Å². The van der Waals surface area contributed by atoms with Crippen LogP contribution in [0.25, 0.3) is 0 Å². The van der Waals surface area contributed by atoms with Crippen molar-refractivity contribution in [2.45, 2.75) is 39.3 Å². The number of nitrogens with zero attached hydrogens (tertiary/aromatic N) is 2. The molecule has 2 unspecified atom stereocenters. The lowest BCUT2D eigenvalue weighted by Gasteiger charge is -2.39. The fourth-order valence-electron chi connectivity index (χ4n) is 2.79. The van der Waals surface area contributed by atoms with Gasteiger partial charge in [0.2, 0.25) is 0 Å². The second-order valence-corrected chi connectivity index (χ2v) is 5.08. The SMILES string of the molecule is CC1CC2CN(C(C)C)CCN2C1.